The van der Waals surface area contributed by atoms with Gasteiger partial charge < -0.3 is 10.2 Å². The molecule has 4 rings (SSSR count). The van der Waals surface area contributed by atoms with Crippen LogP contribution in [0, 0.1) is 0 Å². The summed E-state index contributed by atoms with van der Waals surface area (Å²) in [6, 6.07) is 12.3. The number of hydrogen-bond donors (Lipinski definition) is 2. The first-order valence-electron chi connectivity index (χ1n) is 8.64. The summed E-state index contributed by atoms with van der Waals surface area (Å²) in [6.07, 6.45) is 3.84. The van der Waals surface area contributed by atoms with Crippen molar-refractivity contribution in [1.82, 2.24) is 4.90 Å². The molecule has 3 heteroatoms. The van der Waals surface area contributed by atoms with Crippen LogP contribution in [-0.4, -0.2) is 34.7 Å². The molecular formula is C21H23NO2. The van der Waals surface area contributed by atoms with Crippen LogP contribution in [0.25, 0.3) is 0 Å². The molecule has 0 unspecified atom stereocenters. The maximum Gasteiger partial charge on any atom is 0.160 e. The predicted octanol–water partition coefficient (Wildman–Crippen LogP) is 3.76. The van der Waals surface area contributed by atoms with Crippen LogP contribution in [0.3, 0.4) is 0 Å². The summed E-state index contributed by atoms with van der Waals surface area (Å²) in [4.78, 5) is 2.44. The normalized spacial score (nSPS) is 22.8. The first-order chi connectivity index (χ1) is 11.7. The number of phenolic OH excluding ortho intramolecular Hbond substituents is 2. The van der Waals surface area contributed by atoms with Crippen LogP contribution >= 0.6 is 0 Å². The zero-order chi connectivity index (χ0) is 16.7. The van der Waals surface area contributed by atoms with Gasteiger partial charge in [0.05, 0.1) is 0 Å². The summed E-state index contributed by atoms with van der Waals surface area (Å²) < 4.78 is 0. The molecule has 1 heterocycles. The first kappa shape index (κ1) is 15.3. The van der Waals surface area contributed by atoms with E-state index in [0.29, 0.717) is 5.92 Å². The Morgan fingerprint density at radius 1 is 1.17 bits per heavy atom. The lowest BCUT2D eigenvalue weighted by Crippen LogP contribution is -2.30. The van der Waals surface area contributed by atoms with Crippen molar-refractivity contribution in [2.75, 3.05) is 19.6 Å². The molecule has 2 aromatic carbocycles. The Morgan fingerprint density at radius 2 is 1.96 bits per heavy atom. The third-order valence-corrected chi connectivity index (χ3v) is 5.49. The standard InChI is InChI=1S/C21H23NO2/c1-2-10-22-12-15-8-9-16-20(15)17(11-19(23)21(16)24)18(13-22)14-6-4-3-5-7-14/h2-7,11,15,18,23-24H,1,8-10,12-13H2/t15-,18+/m1/s1. The first-order valence-corrected chi connectivity index (χ1v) is 8.64. The van der Waals surface area contributed by atoms with E-state index in [1.807, 2.05) is 12.1 Å². The van der Waals surface area contributed by atoms with Gasteiger partial charge in [0, 0.05) is 31.1 Å². The van der Waals surface area contributed by atoms with Crippen LogP contribution < -0.4 is 0 Å². The molecule has 0 fully saturated rings. The number of aromatic hydroxyl groups is 2. The molecule has 3 nitrogen and oxygen atoms in total. The van der Waals surface area contributed by atoms with Gasteiger partial charge in [-0.3, -0.25) is 4.90 Å². The molecule has 2 atom stereocenters. The van der Waals surface area contributed by atoms with E-state index in [2.05, 4.69) is 35.7 Å². The Balaban J connectivity index is 1.90. The fourth-order valence-corrected chi connectivity index (χ4v) is 4.46. The summed E-state index contributed by atoms with van der Waals surface area (Å²) >= 11 is 0. The molecule has 2 N–H and O–H groups in total. The Kier molecular flexibility index (Phi) is 3.81. The van der Waals surface area contributed by atoms with Gasteiger partial charge in [-0.25, -0.2) is 0 Å². The van der Waals surface area contributed by atoms with Crippen molar-refractivity contribution in [1.29, 1.82) is 0 Å². The third kappa shape index (κ3) is 2.40. The second-order valence-corrected chi connectivity index (χ2v) is 6.93. The molecule has 0 radical (unpaired) electrons. The molecule has 2 aromatic rings. The fourth-order valence-electron chi connectivity index (χ4n) is 4.46. The zero-order valence-electron chi connectivity index (χ0n) is 13.8. The summed E-state index contributed by atoms with van der Waals surface area (Å²) in [5.74, 6) is 0.729. The maximum atomic E-state index is 10.3. The Hall–Kier alpha value is -2.26. The van der Waals surface area contributed by atoms with Crippen LogP contribution in [-0.2, 0) is 6.42 Å². The van der Waals surface area contributed by atoms with E-state index in [-0.39, 0.29) is 17.4 Å². The van der Waals surface area contributed by atoms with E-state index in [1.165, 1.54) is 16.7 Å². The smallest absolute Gasteiger partial charge is 0.160 e. The number of hydrogen-bond acceptors (Lipinski definition) is 3. The summed E-state index contributed by atoms with van der Waals surface area (Å²) in [7, 11) is 0. The summed E-state index contributed by atoms with van der Waals surface area (Å²) in [5.41, 5.74) is 4.66. The number of nitrogens with zero attached hydrogens (tertiary/aromatic N) is 1. The van der Waals surface area contributed by atoms with Crippen LogP contribution in [0.4, 0.5) is 0 Å². The topological polar surface area (TPSA) is 43.7 Å². The molecule has 0 saturated carbocycles. The third-order valence-electron chi connectivity index (χ3n) is 5.49. The highest BCUT2D eigenvalue weighted by molar-refractivity contribution is 5.59. The molecule has 2 aliphatic rings. The number of rotatable bonds is 3. The summed E-state index contributed by atoms with van der Waals surface area (Å²) in [5, 5.41) is 20.6. The largest absolute Gasteiger partial charge is 0.504 e. The highest BCUT2D eigenvalue weighted by Crippen LogP contribution is 2.49. The maximum absolute atomic E-state index is 10.3. The highest BCUT2D eigenvalue weighted by Gasteiger charge is 2.36. The Morgan fingerprint density at radius 3 is 2.71 bits per heavy atom. The van der Waals surface area contributed by atoms with Crippen molar-refractivity contribution in [2.24, 2.45) is 0 Å². The molecule has 24 heavy (non-hydrogen) atoms. The van der Waals surface area contributed by atoms with Crippen molar-refractivity contribution in [3.05, 3.63) is 71.3 Å². The lowest BCUT2D eigenvalue weighted by molar-refractivity contribution is 0.283. The molecule has 0 aromatic heterocycles. The van der Waals surface area contributed by atoms with E-state index in [4.69, 9.17) is 0 Å². The average Bonchev–Trinajstić information content (AvgIpc) is 2.94. The highest BCUT2D eigenvalue weighted by atomic mass is 16.3. The minimum atomic E-state index is 0.0162. The summed E-state index contributed by atoms with van der Waals surface area (Å²) in [6.45, 7) is 6.66. The van der Waals surface area contributed by atoms with Gasteiger partial charge in [-0.05, 0) is 41.5 Å². The lowest BCUT2D eigenvalue weighted by Gasteiger charge is -2.25. The molecule has 124 valence electrons. The monoisotopic (exact) mass is 321 g/mol. The lowest BCUT2D eigenvalue weighted by atomic mass is 9.85. The van der Waals surface area contributed by atoms with Gasteiger partial charge in [0.2, 0.25) is 0 Å². The molecule has 0 bridgehead atoms. The minimum Gasteiger partial charge on any atom is -0.504 e. The SMILES string of the molecule is C=CCN1C[C@H]2CCc3c(O)c(O)cc(c32)[C@H](c2ccccc2)C1. The van der Waals surface area contributed by atoms with Gasteiger partial charge in [0.1, 0.15) is 0 Å². The van der Waals surface area contributed by atoms with Crippen LogP contribution in [0.15, 0.2) is 49.1 Å². The van der Waals surface area contributed by atoms with Gasteiger partial charge >= 0.3 is 0 Å². The van der Waals surface area contributed by atoms with E-state index < -0.39 is 0 Å². The second-order valence-electron chi connectivity index (χ2n) is 6.93. The molecule has 0 spiro atoms. The van der Waals surface area contributed by atoms with Crippen LogP contribution in [0.5, 0.6) is 11.5 Å². The molecule has 0 saturated heterocycles. The number of benzene rings is 2. The van der Waals surface area contributed by atoms with Crippen molar-refractivity contribution < 1.29 is 10.2 Å². The molecule has 0 amide bonds. The van der Waals surface area contributed by atoms with E-state index in [1.54, 1.807) is 6.07 Å². The van der Waals surface area contributed by atoms with Crippen LogP contribution in [0.1, 0.15) is 40.5 Å². The van der Waals surface area contributed by atoms with Crippen molar-refractivity contribution in [3.63, 3.8) is 0 Å². The number of phenols is 2. The van der Waals surface area contributed by atoms with Gasteiger partial charge in [-0.1, -0.05) is 36.4 Å². The average molecular weight is 321 g/mol. The van der Waals surface area contributed by atoms with E-state index in [0.717, 1.165) is 38.0 Å². The minimum absolute atomic E-state index is 0.0162. The molecule has 1 aliphatic carbocycles. The molecule has 1 aliphatic heterocycles. The predicted molar refractivity (Wildman–Crippen MR) is 95.8 cm³/mol. The Labute approximate surface area is 142 Å². The van der Waals surface area contributed by atoms with Gasteiger partial charge in [0.25, 0.3) is 0 Å². The molecular weight excluding hydrogens is 298 g/mol. The second kappa shape index (κ2) is 5.99. The van der Waals surface area contributed by atoms with Crippen LogP contribution in [0.2, 0.25) is 0 Å². The Bertz CT molecular complexity index is 769. The van der Waals surface area contributed by atoms with Crippen molar-refractivity contribution >= 4 is 0 Å². The van der Waals surface area contributed by atoms with E-state index >= 15 is 0 Å². The van der Waals surface area contributed by atoms with Crippen molar-refractivity contribution in [2.45, 2.75) is 24.7 Å². The van der Waals surface area contributed by atoms with E-state index in [9.17, 15) is 10.2 Å². The quantitative estimate of drug-likeness (QED) is 0.668. The van der Waals surface area contributed by atoms with Gasteiger partial charge in [0.15, 0.2) is 11.5 Å². The van der Waals surface area contributed by atoms with Crippen molar-refractivity contribution in [3.8, 4) is 11.5 Å². The fraction of sp³-hybridized carbons (Fsp3) is 0.333. The van der Waals surface area contributed by atoms with Gasteiger partial charge in [-0.2, -0.15) is 0 Å². The zero-order valence-corrected chi connectivity index (χ0v) is 13.8. The van der Waals surface area contributed by atoms with Gasteiger partial charge in [-0.15, -0.1) is 6.58 Å².